The minimum absolute atomic E-state index is 1.15. The van der Waals surface area contributed by atoms with Crippen LogP contribution in [0, 0.1) is 0 Å². The molecule has 0 saturated carbocycles. The van der Waals surface area contributed by atoms with Crippen molar-refractivity contribution >= 4 is 86.5 Å². The van der Waals surface area contributed by atoms with Gasteiger partial charge in [0.25, 0.3) is 0 Å². The number of hydrogen-bond acceptors (Lipinski definition) is 1. The van der Waals surface area contributed by atoms with Crippen molar-refractivity contribution in [3.8, 4) is 27.9 Å². The summed E-state index contributed by atoms with van der Waals surface area (Å²) in [7, 11) is 0. The fourth-order valence-corrected chi connectivity index (χ4v) is 10.5. The van der Waals surface area contributed by atoms with Crippen LogP contribution in [-0.2, 0) is 0 Å². The van der Waals surface area contributed by atoms with E-state index >= 15 is 0 Å². The number of aromatic nitrogens is 1. The Balaban J connectivity index is 1.12. The molecule has 12 aromatic rings. The summed E-state index contributed by atoms with van der Waals surface area (Å²) in [6, 6.07) is 80.1. The van der Waals surface area contributed by atoms with E-state index in [1.165, 1.54) is 108 Å². The normalized spacial score (nSPS) is 12.1. The van der Waals surface area contributed by atoms with Gasteiger partial charge < -0.3 is 4.57 Å². The Morgan fingerprint density at radius 1 is 0.400 bits per heavy atom. The van der Waals surface area contributed by atoms with Gasteiger partial charge >= 0.3 is 0 Å². The SMILES string of the molecule is C(=C(/c1ccccc1)c1cccc2ccccc12)/c1ccccc1-c1ccc2c(c1)c1c3cc4c(cc3ccc1n2-c1cccc(-c2ccccc2)c1)sc1ccccc14. The lowest BCUT2D eigenvalue weighted by molar-refractivity contribution is 1.18. The van der Waals surface area contributed by atoms with Gasteiger partial charge in [0.15, 0.2) is 0 Å². The lowest BCUT2D eigenvalue weighted by atomic mass is 9.89. The Kier molecular flexibility index (Phi) is 8.11. The maximum atomic E-state index is 2.47. The highest BCUT2D eigenvalue weighted by atomic mass is 32.1. The highest BCUT2D eigenvalue weighted by molar-refractivity contribution is 7.25. The zero-order chi connectivity index (χ0) is 39.6. The second-order valence-electron chi connectivity index (χ2n) is 15.6. The molecule has 0 bridgehead atoms. The molecule has 0 atom stereocenters. The molecule has 0 fully saturated rings. The zero-order valence-corrected chi connectivity index (χ0v) is 33.5. The fourth-order valence-electron chi connectivity index (χ4n) is 9.40. The van der Waals surface area contributed by atoms with E-state index in [9.17, 15) is 0 Å². The molecule has 2 heteroatoms. The van der Waals surface area contributed by atoms with Gasteiger partial charge in [0.2, 0.25) is 0 Å². The fraction of sp³-hybridized carbons (Fsp3) is 0. The highest BCUT2D eigenvalue weighted by Gasteiger charge is 2.19. The zero-order valence-electron chi connectivity index (χ0n) is 32.7. The Bertz CT molecular complexity index is 3640. The van der Waals surface area contributed by atoms with Crippen molar-refractivity contribution in [2.24, 2.45) is 0 Å². The molecule has 280 valence electrons. The summed E-state index contributed by atoms with van der Waals surface area (Å²) in [6.07, 6.45) is 2.39. The van der Waals surface area contributed by atoms with Crippen LogP contribution < -0.4 is 0 Å². The maximum Gasteiger partial charge on any atom is 0.0547 e. The van der Waals surface area contributed by atoms with E-state index in [1.807, 2.05) is 11.3 Å². The van der Waals surface area contributed by atoms with Gasteiger partial charge in [-0.05, 0) is 121 Å². The van der Waals surface area contributed by atoms with E-state index in [0.717, 1.165) is 5.69 Å². The molecule has 0 aliphatic heterocycles. The average Bonchev–Trinajstić information content (AvgIpc) is 3.85. The molecular formula is C58H37NS. The van der Waals surface area contributed by atoms with Crippen LogP contribution >= 0.6 is 11.3 Å². The van der Waals surface area contributed by atoms with E-state index in [2.05, 4.69) is 229 Å². The van der Waals surface area contributed by atoms with Crippen molar-refractivity contribution in [1.82, 2.24) is 4.57 Å². The second kappa shape index (κ2) is 14.1. The molecule has 2 heterocycles. The van der Waals surface area contributed by atoms with Crippen LogP contribution in [0.1, 0.15) is 16.7 Å². The molecule has 0 amide bonds. The van der Waals surface area contributed by atoms with Crippen molar-refractivity contribution in [1.29, 1.82) is 0 Å². The van der Waals surface area contributed by atoms with Crippen LogP contribution in [0.4, 0.5) is 0 Å². The van der Waals surface area contributed by atoms with E-state index in [0.29, 0.717) is 0 Å². The van der Waals surface area contributed by atoms with Crippen LogP contribution in [0.15, 0.2) is 218 Å². The predicted octanol–water partition coefficient (Wildman–Crippen LogP) is 16.4. The van der Waals surface area contributed by atoms with Crippen molar-refractivity contribution < 1.29 is 0 Å². The number of nitrogens with zero attached hydrogens (tertiary/aromatic N) is 1. The minimum Gasteiger partial charge on any atom is -0.309 e. The Morgan fingerprint density at radius 3 is 2.02 bits per heavy atom. The Hall–Kier alpha value is -7.52. The molecule has 0 aliphatic carbocycles. The van der Waals surface area contributed by atoms with Crippen LogP contribution in [0.25, 0.3) is 103 Å². The molecule has 0 N–H and O–H groups in total. The molecular weight excluding hydrogens is 743 g/mol. The van der Waals surface area contributed by atoms with Gasteiger partial charge in [-0.1, -0.05) is 170 Å². The van der Waals surface area contributed by atoms with Crippen LogP contribution in [0.3, 0.4) is 0 Å². The number of benzene rings is 10. The minimum atomic E-state index is 1.15. The van der Waals surface area contributed by atoms with Crippen molar-refractivity contribution in [2.45, 2.75) is 0 Å². The summed E-state index contributed by atoms with van der Waals surface area (Å²) in [5, 5.41) is 10.2. The summed E-state index contributed by atoms with van der Waals surface area (Å²) >= 11 is 1.88. The third-order valence-electron chi connectivity index (χ3n) is 12.2. The third-order valence-corrected chi connectivity index (χ3v) is 13.3. The first-order chi connectivity index (χ1) is 29.7. The number of rotatable bonds is 6. The highest BCUT2D eigenvalue weighted by Crippen LogP contribution is 2.44. The molecule has 2 aromatic heterocycles. The molecule has 60 heavy (non-hydrogen) atoms. The lowest BCUT2D eigenvalue weighted by Crippen LogP contribution is -1.94. The van der Waals surface area contributed by atoms with E-state index in [-0.39, 0.29) is 0 Å². The maximum absolute atomic E-state index is 2.47. The van der Waals surface area contributed by atoms with Crippen molar-refractivity contribution in [3.63, 3.8) is 0 Å². The molecule has 0 spiro atoms. The molecule has 0 radical (unpaired) electrons. The molecule has 10 aromatic carbocycles. The quantitative estimate of drug-likeness (QED) is 0.148. The van der Waals surface area contributed by atoms with Gasteiger partial charge in [-0.2, -0.15) is 0 Å². The molecule has 1 nitrogen and oxygen atoms in total. The summed E-state index contributed by atoms with van der Waals surface area (Å²) in [5.41, 5.74) is 13.1. The smallest absolute Gasteiger partial charge is 0.0547 e. The van der Waals surface area contributed by atoms with Crippen LogP contribution in [-0.4, -0.2) is 4.57 Å². The van der Waals surface area contributed by atoms with Crippen molar-refractivity contribution in [3.05, 3.63) is 235 Å². The molecule has 0 saturated heterocycles. The molecule has 0 unspecified atom stereocenters. The first-order valence-electron chi connectivity index (χ1n) is 20.6. The molecule has 0 aliphatic rings. The Morgan fingerprint density at radius 2 is 1.12 bits per heavy atom. The number of fused-ring (bicyclic) bond motifs is 9. The topological polar surface area (TPSA) is 4.93 Å². The summed E-state index contributed by atoms with van der Waals surface area (Å²) in [6.45, 7) is 0. The Labute approximate surface area is 352 Å². The summed E-state index contributed by atoms with van der Waals surface area (Å²) in [4.78, 5) is 0. The van der Waals surface area contributed by atoms with Crippen molar-refractivity contribution in [2.75, 3.05) is 0 Å². The lowest BCUT2D eigenvalue weighted by Gasteiger charge is -2.14. The first-order valence-corrected chi connectivity index (χ1v) is 21.4. The molecule has 12 rings (SSSR count). The summed E-state index contributed by atoms with van der Waals surface area (Å²) < 4.78 is 5.12. The largest absolute Gasteiger partial charge is 0.309 e. The van der Waals surface area contributed by atoms with E-state index in [1.54, 1.807) is 0 Å². The van der Waals surface area contributed by atoms with Crippen LogP contribution in [0.5, 0.6) is 0 Å². The average molecular weight is 780 g/mol. The second-order valence-corrected chi connectivity index (χ2v) is 16.7. The van der Waals surface area contributed by atoms with E-state index < -0.39 is 0 Å². The standard InChI is InChI=1S/C58H37NS/c1-3-15-38(16-4-1)41-22-13-23-45(33-41)59-54-31-29-43(35-53(54)58-51-37-52-49-26-11-12-28-56(49)60-57(52)36-44(51)30-32-55(58)59)46-24-9-8-20-42(46)34-50(40-17-5-2-6-18-40)48-27-14-21-39-19-7-10-25-47(39)48/h1-37H/b50-34+. The van der Waals surface area contributed by atoms with Gasteiger partial charge in [-0.15, -0.1) is 11.3 Å². The third kappa shape index (κ3) is 5.68. The van der Waals surface area contributed by atoms with Gasteiger partial charge in [-0.25, -0.2) is 0 Å². The van der Waals surface area contributed by atoms with Crippen LogP contribution in [0.2, 0.25) is 0 Å². The van der Waals surface area contributed by atoms with Gasteiger partial charge in [0.05, 0.1) is 11.0 Å². The monoisotopic (exact) mass is 779 g/mol. The first kappa shape index (κ1) is 34.5. The predicted molar refractivity (Wildman–Crippen MR) is 259 cm³/mol. The summed E-state index contributed by atoms with van der Waals surface area (Å²) in [5.74, 6) is 0. The number of hydrogen-bond donors (Lipinski definition) is 0. The number of thiophene rings is 1. The van der Waals surface area contributed by atoms with Gasteiger partial charge in [-0.3, -0.25) is 0 Å². The van der Waals surface area contributed by atoms with Gasteiger partial charge in [0, 0.05) is 36.6 Å². The van der Waals surface area contributed by atoms with E-state index in [4.69, 9.17) is 0 Å². The van der Waals surface area contributed by atoms with Gasteiger partial charge in [0.1, 0.15) is 0 Å².